The fourth-order valence-electron chi connectivity index (χ4n) is 0.778. The van der Waals surface area contributed by atoms with Gasteiger partial charge in [-0.1, -0.05) is 12.1 Å². The lowest BCUT2D eigenvalue weighted by molar-refractivity contribution is 1.27. The zero-order chi connectivity index (χ0) is 6.97. The van der Waals surface area contributed by atoms with Crippen LogP contribution < -0.4 is 0 Å². The summed E-state index contributed by atoms with van der Waals surface area (Å²) >= 11 is 3.97. The second kappa shape index (κ2) is 2.83. The third kappa shape index (κ3) is 1.12. The third-order valence-electron chi connectivity index (χ3n) is 1.23. The van der Waals surface area contributed by atoms with Crippen molar-refractivity contribution in [3.63, 3.8) is 0 Å². The molecule has 0 radical (unpaired) electrons. The van der Waals surface area contributed by atoms with Crippen molar-refractivity contribution >= 4 is 41.0 Å². The van der Waals surface area contributed by atoms with E-state index in [4.69, 9.17) is 0 Å². The number of rotatable bonds is 0. The van der Waals surface area contributed by atoms with Gasteiger partial charge in [-0.05, 0) is 12.1 Å². The minimum Gasteiger partial charge on any atom is -0.175 e. The Kier molecular flexibility index (Phi) is 2.01. The van der Waals surface area contributed by atoms with E-state index in [0.29, 0.717) is 0 Å². The Morgan fingerprint density at radius 2 is 2.20 bits per heavy atom. The SMILES string of the molecule is IS1=NSc2ccccc21. The summed E-state index contributed by atoms with van der Waals surface area (Å²) in [6.45, 7) is 0. The third-order valence-corrected chi connectivity index (χ3v) is 6.32. The normalized spacial score (nSPS) is 21.9. The first-order valence-electron chi connectivity index (χ1n) is 2.76. The van der Waals surface area contributed by atoms with E-state index < -0.39 is 0 Å². The minimum absolute atomic E-state index is 0.110. The first-order valence-corrected chi connectivity index (χ1v) is 7.25. The van der Waals surface area contributed by atoms with E-state index in [1.165, 1.54) is 9.79 Å². The van der Waals surface area contributed by atoms with Crippen LogP contribution in [0.5, 0.6) is 0 Å². The van der Waals surface area contributed by atoms with Crippen LogP contribution in [0.25, 0.3) is 0 Å². The Labute approximate surface area is 78.4 Å². The van der Waals surface area contributed by atoms with E-state index in [-0.39, 0.29) is 7.86 Å². The van der Waals surface area contributed by atoms with Crippen LogP contribution in [0, 0.1) is 0 Å². The molecule has 0 fully saturated rings. The van der Waals surface area contributed by atoms with Crippen LogP contribution in [0.3, 0.4) is 0 Å². The van der Waals surface area contributed by atoms with Gasteiger partial charge in [0, 0.05) is 50.8 Å². The van der Waals surface area contributed by atoms with E-state index in [0.717, 1.165) is 0 Å². The largest absolute Gasteiger partial charge is 0.175 e. The molecule has 4 heteroatoms. The number of halogens is 1. The molecule has 1 heterocycles. The van der Waals surface area contributed by atoms with Crippen LogP contribution in [0.4, 0.5) is 0 Å². The fraction of sp³-hybridized carbons (Fsp3) is 0. The Morgan fingerprint density at radius 1 is 1.40 bits per heavy atom. The monoisotopic (exact) mass is 281 g/mol. The molecule has 0 saturated heterocycles. The van der Waals surface area contributed by atoms with Gasteiger partial charge in [0.2, 0.25) is 0 Å². The summed E-state index contributed by atoms with van der Waals surface area (Å²) in [6.07, 6.45) is 0. The zero-order valence-corrected chi connectivity index (χ0v) is 8.74. The zero-order valence-electron chi connectivity index (χ0n) is 4.95. The lowest BCUT2D eigenvalue weighted by Gasteiger charge is -1.92. The highest BCUT2D eigenvalue weighted by Crippen LogP contribution is 2.37. The van der Waals surface area contributed by atoms with Crippen LogP contribution in [0.2, 0.25) is 0 Å². The highest BCUT2D eigenvalue weighted by atomic mass is 127. The maximum atomic E-state index is 4.34. The molecule has 2 rings (SSSR count). The van der Waals surface area contributed by atoms with Gasteiger partial charge in [0.05, 0.1) is 0 Å². The van der Waals surface area contributed by atoms with Gasteiger partial charge in [-0.2, -0.15) is 3.77 Å². The van der Waals surface area contributed by atoms with Crippen LogP contribution in [-0.4, -0.2) is 0 Å². The van der Waals surface area contributed by atoms with Gasteiger partial charge in [0.15, 0.2) is 0 Å². The molecule has 0 aliphatic carbocycles. The molecular weight excluding hydrogens is 277 g/mol. The molecule has 1 nitrogen and oxygen atoms in total. The molecule has 0 amide bonds. The molecular formula is C6H4INS2. The average Bonchev–Trinajstić information content (AvgIpc) is 2.34. The topological polar surface area (TPSA) is 12.4 Å². The van der Waals surface area contributed by atoms with Crippen LogP contribution >= 0.6 is 33.2 Å². The molecule has 1 unspecified atom stereocenters. The molecule has 1 aliphatic rings. The van der Waals surface area contributed by atoms with E-state index in [2.05, 4.69) is 49.2 Å². The van der Waals surface area contributed by atoms with Crippen molar-refractivity contribution in [2.45, 2.75) is 9.79 Å². The van der Waals surface area contributed by atoms with E-state index in [9.17, 15) is 0 Å². The smallest absolute Gasteiger partial charge is 0.0465 e. The average molecular weight is 281 g/mol. The summed E-state index contributed by atoms with van der Waals surface area (Å²) in [5.41, 5.74) is 0. The first-order chi connectivity index (χ1) is 4.88. The lowest BCUT2D eigenvalue weighted by atomic mass is 10.4. The van der Waals surface area contributed by atoms with E-state index >= 15 is 0 Å². The van der Waals surface area contributed by atoms with E-state index in [1.807, 2.05) is 0 Å². The van der Waals surface area contributed by atoms with Gasteiger partial charge >= 0.3 is 0 Å². The summed E-state index contributed by atoms with van der Waals surface area (Å²) in [4.78, 5) is 2.70. The molecule has 0 saturated carbocycles. The molecule has 10 heavy (non-hydrogen) atoms. The molecule has 52 valence electrons. The Balaban J connectivity index is 2.61. The summed E-state index contributed by atoms with van der Waals surface area (Å²) < 4.78 is 4.34. The maximum Gasteiger partial charge on any atom is 0.0465 e. The number of nitrogens with zero attached hydrogens (tertiary/aromatic N) is 1. The maximum absolute atomic E-state index is 4.34. The van der Waals surface area contributed by atoms with Gasteiger partial charge in [0.25, 0.3) is 0 Å². The van der Waals surface area contributed by atoms with Crippen molar-refractivity contribution in [1.82, 2.24) is 0 Å². The van der Waals surface area contributed by atoms with Crippen LogP contribution in [0.1, 0.15) is 0 Å². The molecule has 0 aromatic heterocycles. The summed E-state index contributed by atoms with van der Waals surface area (Å²) in [5, 5.41) is 0. The minimum atomic E-state index is 0.110. The van der Waals surface area contributed by atoms with Crippen molar-refractivity contribution in [3.05, 3.63) is 24.3 Å². The number of fused-ring (bicyclic) bond motifs is 1. The standard InChI is InChI=1S/C6H4INS2/c7-10-6-4-2-1-3-5(6)9-8-10/h1-4H. The Bertz CT molecular complexity index is 298. The van der Waals surface area contributed by atoms with Crippen molar-refractivity contribution in [1.29, 1.82) is 0 Å². The lowest BCUT2D eigenvalue weighted by Crippen LogP contribution is -1.75. The Morgan fingerprint density at radius 3 is 3.00 bits per heavy atom. The molecule has 1 atom stereocenters. The van der Waals surface area contributed by atoms with Gasteiger partial charge < -0.3 is 0 Å². The number of hydrogen-bond acceptors (Lipinski definition) is 2. The number of hydrogen-bond donors (Lipinski definition) is 0. The Hall–Kier alpha value is 0.450. The van der Waals surface area contributed by atoms with E-state index in [1.54, 1.807) is 11.9 Å². The van der Waals surface area contributed by atoms with Crippen molar-refractivity contribution in [2.75, 3.05) is 0 Å². The van der Waals surface area contributed by atoms with Gasteiger partial charge in [-0.15, -0.1) is 0 Å². The highest BCUT2D eigenvalue weighted by Gasteiger charge is 2.11. The number of benzene rings is 1. The molecule has 1 aromatic carbocycles. The van der Waals surface area contributed by atoms with Gasteiger partial charge in [-0.3, -0.25) is 0 Å². The predicted molar refractivity (Wildman–Crippen MR) is 54.4 cm³/mol. The molecule has 0 bridgehead atoms. The second-order valence-corrected chi connectivity index (χ2v) is 6.49. The van der Waals surface area contributed by atoms with Gasteiger partial charge in [0.1, 0.15) is 0 Å². The molecule has 1 aliphatic heterocycles. The van der Waals surface area contributed by atoms with Crippen LogP contribution in [0.15, 0.2) is 37.8 Å². The summed E-state index contributed by atoms with van der Waals surface area (Å²) in [7, 11) is 0.110. The summed E-state index contributed by atoms with van der Waals surface area (Å²) in [5.74, 6) is 0. The van der Waals surface area contributed by atoms with Crippen molar-refractivity contribution < 1.29 is 0 Å². The van der Waals surface area contributed by atoms with Crippen LogP contribution in [-0.2, 0) is 7.86 Å². The molecule has 0 spiro atoms. The fourth-order valence-corrected chi connectivity index (χ4v) is 5.08. The molecule has 0 N–H and O–H groups in total. The quantitative estimate of drug-likeness (QED) is 0.525. The highest BCUT2D eigenvalue weighted by molar-refractivity contribution is 14.2. The predicted octanol–water partition coefficient (Wildman–Crippen LogP) is 3.22. The first kappa shape index (κ1) is 7.12. The van der Waals surface area contributed by atoms with Crippen molar-refractivity contribution in [3.8, 4) is 0 Å². The second-order valence-electron chi connectivity index (χ2n) is 1.85. The molecule has 1 aromatic rings. The van der Waals surface area contributed by atoms with Gasteiger partial charge in [-0.25, -0.2) is 0 Å². The van der Waals surface area contributed by atoms with Crippen molar-refractivity contribution in [2.24, 2.45) is 3.77 Å². The summed E-state index contributed by atoms with van der Waals surface area (Å²) in [6, 6.07) is 8.39.